The third kappa shape index (κ3) is 5.19. The summed E-state index contributed by atoms with van der Waals surface area (Å²) in [6, 6.07) is 16.0. The molecule has 8 nitrogen and oxygen atoms in total. The fourth-order valence-corrected chi connectivity index (χ4v) is 3.91. The predicted molar refractivity (Wildman–Crippen MR) is 124 cm³/mol. The van der Waals surface area contributed by atoms with Gasteiger partial charge in [0.25, 0.3) is 0 Å². The van der Waals surface area contributed by atoms with Gasteiger partial charge < -0.3 is 20.1 Å². The number of rotatable bonds is 8. The minimum atomic E-state index is 0.256. The molecule has 3 aromatic rings. The second-order valence-electron chi connectivity index (χ2n) is 7.70. The van der Waals surface area contributed by atoms with Crippen molar-refractivity contribution in [2.75, 3.05) is 14.2 Å². The zero-order chi connectivity index (χ0) is 22.2. The Labute approximate surface area is 188 Å². The number of aliphatic imine (C=N–C) groups is 1. The van der Waals surface area contributed by atoms with Crippen LogP contribution in [-0.4, -0.2) is 41.0 Å². The van der Waals surface area contributed by atoms with Crippen LogP contribution in [-0.2, 0) is 13.1 Å². The number of hydrogen-bond acceptors (Lipinski definition) is 5. The Morgan fingerprint density at radius 3 is 2.59 bits per heavy atom. The number of methoxy groups -OCH3 is 1. The summed E-state index contributed by atoms with van der Waals surface area (Å²) in [6.45, 7) is 1.04. The monoisotopic (exact) mass is 434 g/mol. The number of hydrogen-bond donors (Lipinski definition) is 2. The van der Waals surface area contributed by atoms with E-state index in [4.69, 9.17) is 9.47 Å². The maximum Gasteiger partial charge on any atom is 0.191 e. The van der Waals surface area contributed by atoms with E-state index in [2.05, 4.69) is 31.9 Å². The summed E-state index contributed by atoms with van der Waals surface area (Å²) in [5.41, 5.74) is 2.05. The van der Waals surface area contributed by atoms with E-state index in [1.807, 2.05) is 47.0 Å². The van der Waals surface area contributed by atoms with Crippen molar-refractivity contribution in [2.45, 2.75) is 44.9 Å². The average Bonchev–Trinajstić information content (AvgIpc) is 3.52. The van der Waals surface area contributed by atoms with Crippen LogP contribution in [0.4, 0.5) is 0 Å². The summed E-state index contributed by atoms with van der Waals surface area (Å²) in [5.74, 6) is 3.04. The molecule has 1 saturated carbocycles. The van der Waals surface area contributed by atoms with Crippen molar-refractivity contribution in [3.05, 3.63) is 66.2 Å². The Kier molecular flexibility index (Phi) is 7.22. The standard InChI is InChI=1S/C24H30N6O2/c1-25-24(27-16-22-29-28-17-30(22)19-10-4-3-5-11-19)26-15-18-9-8-14-21(31-2)23(18)32-20-12-6-7-13-20/h3-5,8-11,14,17,20H,6-7,12-13,15-16H2,1-2H3,(H2,25,26,27). The molecule has 8 heteroatoms. The van der Waals surface area contributed by atoms with Crippen LogP contribution in [0, 0.1) is 0 Å². The number of benzene rings is 2. The van der Waals surface area contributed by atoms with Crippen molar-refractivity contribution < 1.29 is 9.47 Å². The zero-order valence-electron chi connectivity index (χ0n) is 18.6. The minimum Gasteiger partial charge on any atom is -0.493 e. The first-order valence-corrected chi connectivity index (χ1v) is 11.0. The predicted octanol–water partition coefficient (Wildman–Crippen LogP) is 3.46. The van der Waals surface area contributed by atoms with E-state index >= 15 is 0 Å². The van der Waals surface area contributed by atoms with Gasteiger partial charge in [-0.25, -0.2) is 0 Å². The van der Waals surface area contributed by atoms with Gasteiger partial charge in [-0.05, 0) is 43.9 Å². The summed E-state index contributed by atoms with van der Waals surface area (Å²) < 4.78 is 13.8. The number of para-hydroxylation sites is 2. The molecular formula is C24H30N6O2. The SMILES string of the molecule is CN=C(NCc1cccc(OC)c1OC1CCCC1)NCc1nncn1-c1ccccc1. The molecule has 168 valence electrons. The fourth-order valence-electron chi connectivity index (χ4n) is 3.91. The van der Waals surface area contributed by atoms with Crippen LogP contribution in [0.5, 0.6) is 11.5 Å². The summed E-state index contributed by atoms with van der Waals surface area (Å²) >= 11 is 0. The molecule has 0 atom stereocenters. The Bertz CT molecular complexity index is 1030. The molecule has 2 aromatic carbocycles. The Balaban J connectivity index is 1.40. The number of guanidine groups is 1. The van der Waals surface area contributed by atoms with E-state index < -0.39 is 0 Å². The fraction of sp³-hybridized carbons (Fsp3) is 0.375. The molecule has 0 unspecified atom stereocenters. The van der Waals surface area contributed by atoms with Gasteiger partial charge in [-0.1, -0.05) is 30.3 Å². The van der Waals surface area contributed by atoms with Crippen molar-refractivity contribution in [3.63, 3.8) is 0 Å². The molecule has 4 rings (SSSR count). The number of nitrogens with one attached hydrogen (secondary N) is 2. The van der Waals surface area contributed by atoms with E-state index in [1.54, 1.807) is 20.5 Å². The lowest BCUT2D eigenvalue weighted by molar-refractivity contribution is 0.198. The molecule has 2 N–H and O–H groups in total. The number of nitrogens with zero attached hydrogens (tertiary/aromatic N) is 4. The smallest absolute Gasteiger partial charge is 0.191 e. The van der Waals surface area contributed by atoms with Crippen molar-refractivity contribution in [1.29, 1.82) is 0 Å². The molecule has 1 aliphatic carbocycles. The first-order valence-electron chi connectivity index (χ1n) is 11.0. The van der Waals surface area contributed by atoms with Crippen LogP contribution in [0.3, 0.4) is 0 Å². The van der Waals surface area contributed by atoms with E-state index in [1.165, 1.54) is 12.8 Å². The van der Waals surface area contributed by atoms with Gasteiger partial charge in [0.15, 0.2) is 23.3 Å². The molecule has 1 aliphatic rings. The van der Waals surface area contributed by atoms with Crippen LogP contribution >= 0.6 is 0 Å². The summed E-state index contributed by atoms with van der Waals surface area (Å²) in [6.07, 6.45) is 6.60. The first-order chi connectivity index (χ1) is 15.8. The Morgan fingerprint density at radius 1 is 1.06 bits per heavy atom. The summed E-state index contributed by atoms with van der Waals surface area (Å²) in [5, 5.41) is 15.0. The van der Waals surface area contributed by atoms with Gasteiger partial charge in [-0.15, -0.1) is 10.2 Å². The van der Waals surface area contributed by atoms with Crippen molar-refractivity contribution in [1.82, 2.24) is 25.4 Å². The van der Waals surface area contributed by atoms with Crippen LogP contribution in [0.2, 0.25) is 0 Å². The highest BCUT2D eigenvalue weighted by Gasteiger charge is 2.20. The second kappa shape index (κ2) is 10.7. The minimum absolute atomic E-state index is 0.256. The highest BCUT2D eigenvalue weighted by Crippen LogP contribution is 2.34. The Morgan fingerprint density at radius 2 is 1.84 bits per heavy atom. The van der Waals surface area contributed by atoms with E-state index in [0.717, 1.165) is 41.4 Å². The molecule has 0 radical (unpaired) electrons. The number of ether oxygens (including phenoxy) is 2. The highest BCUT2D eigenvalue weighted by atomic mass is 16.5. The quantitative estimate of drug-likeness (QED) is 0.417. The second-order valence-corrected chi connectivity index (χ2v) is 7.70. The molecule has 1 aromatic heterocycles. The molecule has 1 heterocycles. The van der Waals surface area contributed by atoms with E-state index in [-0.39, 0.29) is 6.10 Å². The summed E-state index contributed by atoms with van der Waals surface area (Å²) in [4.78, 5) is 4.35. The van der Waals surface area contributed by atoms with E-state index in [9.17, 15) is 0 Å². The number of aromatic nitrogens is 3. The van der Waals surface area contributed by atoms with Crippen LogP contribution < -0.4 is 20.1 Å². The highest BCUT2D eigenvalue weighted by molar-refractivity contribution is 5.79. The van der Waals surface area contributed by atoms with Gasteiger partial charge in [0.1, 0.15) is 6.33 Å². The van der Waals surface area contributed by atoms with Gasteiger partial charge >= 0.3 is 0 Å². The maximum atomic E-state index is 6.33. The van der Waals surface area contributed by atoms with Gasteiger partial charge in [0, 0.05) is 24.8 Å². The molecule has 0 saturated heterocycles. The van der Waals surface area contributed by atoms with Gasteiger partial charge in [0.05, 0.1) is 19.8 Å². The third-order valence-corrected chi connectivity index (χ3v) is 5.60. The van der Waals surface area contributed by atoms with Crippen LogP contribution in [0.25, 0.3) is 5.69 Å². The molecule has 1 fully saturated rings. The average molecular weight is 435 g/mol. The van der Waals surface area contributed by atoms with Gasteiger partial charge in [0.2, 0.25) is 0 Å². The largest absolute Gasteiger partial charge is 0.493 e. The topological polar surface area (TPSA) is 85.6 Å². The van der Waals surface area contributed by atoms with Gasteiger partial charge in [-0.2, -0.15) is 0 Å². The lowest BCUT2D eigenvalue weighted by Gasteiger charge is -2.20. The summed E-state index contributed by atoms with van der Waals surface area (Å²) in [7, 11) is 3.43. The normalized spacial score (nSPS) is 14.4. The lowest BCUT2D eigenvalue weighted by atomic mass is 10.1. The molecule has 0 aliphatic heterocycles. The van der Waals surface area contributed by atoms with Crippen molar-refractivity contribution in [3.8, 4) is 17.2 Å². The first kappa shape index (κ1) is 21.7. The molecular weight excluding hydrogens is 404 g/mol. The van der Waals surface area contributed by atoms with Crippen LogP contribution in [0.1, 0.15) is 37.1 Å². The maximum absolute atomic E-state index is 6.33. The zero-order valence-corrected chi connectivity index (χ0v) is 18.6. The Hall–Kier alpha value is -3.55. The lowest BCUT2D eigenvalue weighted by Crippen LogP contribution is -2.37. The molecule has 0 amide bonds. The molecule has 0 bridgehead atoms. The van der Waals surface area contributed by atoms with Crippen molar-refractivity contribution in [2.24, 2.45) is 4.99 Å². The van der Waals surface area contributed by atoms with Crippen molar-refractivity contribution >= 4 is 5.96 Å². The molecule has 32 heavy (non-hydrogen) atoms. The van der Waals surface area contributed by atoms with Crippen LogP contribution in [0.15, 0.2) is 59.9 Å². The van der Waals surface area contributed by atoms with Gasteiger partial charge in [-0.3, -0.25) is 9.56 Å². The molecule has 0 spiro atoms. The van der Waals surface area contributed by atoms with E-state index in [0.29, 0.717) is 19.0 Å². The third-order valence-electron chi connectivity index (χ3n) is 5.60.